The number of hydrogen-bond acceptors (Lipinski definition) is 2. The highest BCUT2D eigenvalue weighted by molar-refractivity contribution is 6.31. The Balaban J connectivity index is 1.90. The van der Waals surface area contributed by atoms with Crippen LogP contribution in [-0.2, 0) is 7.05 Å². The molecule has 1 aliphatic rings. The van der Waals surface area contributed by atoms with Crippen LogP contribution in [0, 0.1) is 0 Å². The zero-order valence-electron chi connectivity index (χ0n) is 11.3. The van der Waals surface area contributed by atoms with Crippen molar-refractivity contribution in [3.63, 3.8) is 0 Å². The Bertz CT molecular complexity index is 638. The molecule has 2 aromatic rings. The van der Waals surface area contributed by atoms with Crippen molar-refractivity contribution in [2.45, 2.75) is 18.9 Å². The predicted octanol–water partition coefficient (Wildman–Crippen LogP) is 3.05. The summed E-state index contributed by atoms with van der Waals surface area (Å²) < 4.78 is 1.65. The first-order valence-electron chi connectivity index (χ1n) is 6.72. The van der Waals surface area contributed by atoms with Crippen LogP contribution in [0.2, 0.25) is 5.02 Å². The fraction of sp³-hybridized carbons (Fsp3) is 0.333. The minimum atomic E-state index is -0.0204. The van der Waals surface area contributed by atoms with Crippen LogP contribution in [0.4, 0.5) is 0 Å². The number of carbonyl (C=O) groups excluding carboxylic acids is 1. The quantitative estimate of drug-likeness (QED) is 0.852. The number of halogens is 1. The van der Waals surface area contributed by atoms with Gasteiger partial charge in [0.05, 0.1) is 6.04 Å². The summed E-state index contributed by atoms with van der Waals surface area (Å²) in [4.78, 5) is 14.4. The van der Waals surface area contributed by atoms with Gasteiger partial charge in [-0.3, -0.25) is 9.48 Å². The molecular weight excluding hydrogens is 274 g/mol. The highest BCUT2D eigenvalue weighted by atomic mass is 35.5. The van der Waals surface area contributed by atoms with Crippen LogP contribution in [0.15, 0.2) is 36.5 Å². The van der Waals surface area contributed by atoms with Gasteiger partial charge in [0.25, 0.3) is 5.91 Å². The topological polar surface area (TPSA) is 38.1 Å². The molecule has 104 valence electrons. The monoisotopic (exact) mass is 289 g/mol. The summed E-state index contributed by atoms with van der Waals surface area (Å²) in [6.07, 6.45) is 3.73. The second kappa shape index (κ2) is 5.29. The largest absolute Gasteiger partial charge is 0.330 e. The first-order valence-corrected chi connectivity index (χ1v) is 7.09. The number of rotatable bonds is 2. The first kappa shape index (κ1) is 13.2. The van der Waals surface area contributed by atoms with Gasteiger partial charge in [0.15, 0.2) is 0 Å². The highest BCUT2D eigenvalue weighted by Crippen LogP contribution is 2.36. The molecule has 4 nitrogen and oxygen atoms in total. The molecular formula is C15H16ClN3O. The first-order chi connectivity index (χ1) is 9.66. The van der Waals surface area contributed by atoms with E-state index in [0.717, 1.165) is 30.0 Å². The van der Waals surface area contributed by atoms with E-state index >= 15 is 0 Å². The Morgan fingerprint density at radius 3 is 2.85 bits per heavy atom. The van der Waals surface area contributed by atoms with Crippen molar-refractivity contribution in [1.82, 2.24) is 14.7 Å². The molecule has 1 amide bonds. The van der Waals surface area contributed by atoms with Crippen molar-refractivity contribution < 1.29 is 4.79 Å². The smallest absolute Gasteiger partial charge is 0.274 e. The number of benzene rings is 1. The third kappa shape index (κ3) is 2.31. The van der Waals surface area contributed by atoms with Crippen molar-refractivity contribution in [1.29, 1.82) is 0 Å². The van der Waals surface area contributed by atoms with Crippen LogP contribution in [0.3, 0.4) is 0 Å². The Kier molecular flexibility index (Phi) is 3.49. The molecule has 1 saturated heterocycles. The average molecular weight is 290 g/mol. The second-order valence-corrected chi connectivity index (χ2v) is 5.46. The molecule has 1 fully saturated rings. The molecule has 20 heavy (non-hydrogen) atoms. The summed E-state index contributed by atoms with van der Waals surface area (Å²) in [5.41, 5.74) is 1.52. The van der Waals surface area contributed by atoms with Gasteiger partial charge in [-0.1, -0.05) is 29.8 Å². The van der Waals surface area contributed by atoms with Gasteiger partial charge in [-0.15, -0.1) is 0 Å². The summed E-state index contributed by atoms with van der Waals surface area (Å²) in [7, 11) is 1.81. The fourth-order valence-electron chi connectivity index (χ4n) is 2.75. The van der Waals surface area contributed by atoms with Crippen molar-refractivity contribution in [2.75, 3.05) is 6.54 Å². The molecule has 1 atom stereocenters. The van der Waals surface area contributed by atoms with E-state index in [1.165, 1.54) is 0 Å². The maximum absolute atomic E-state index is 12.6. The van der Waals surface area contributed by atoms with E-state index in [2.05, 4.69) is 5.10 Å². The number of nitrogens with zero attached hydrogens (tertiary/aromatic N) is 3. The second-order valence-electron chi connectivity index (χ2n) is 5.05. The molecule has 0 saturated carbocycles. The highest BCUT2D eigenvalue weighted by Gasteiger charge is 2.32. The third-order valence-electron chi connectivity index (χ3n) is 3.71. The Morgan fingerprint density at radius 1 is 1.35 bits per heavy atom. The maximum atomic E-state index is 12.6. The van der Waals surface area contributed by atoms with Crippen LogP contribution in [0.5, 0.6) is 0 Å². The molecule has 1 aliphatic heterocycles. The number of aromatic nitrogens is 2. The van der Waals surface area contributed by atoms with E-state index < -0.39 is 0 Å². The molecule has 5 heteroatoms. The van der Waals surface area contributed by atoms with Gasteiger partial charge in [-0.05, 0) is 30.5 Å². The molecule has 0 N–H and O–H groups in total. The summed E-state index contributed by atoms with van der Waals surface area (Å²) in [6.45, 7) is 0.755. The zero-order chi connectivity index (χ0) is 14.1. The SMILES string of the molecule is Cn1ccc(C(=O)N2CCCC2c2ccccc2Cl)n1. The molecule has 1 unspecified atom stereocenters. The number of aryl methyl sites for hydroxylation is 1. The summed E-state index contributed by atoms with van der Waals surface area (Å²) in [5, 5.41) is 4.92. The van der Waals surface area contributed by atoms with E-state index in [1.807, 2.05) is 36.2 Å². The molecule has 1 aromatic carbocycles. The lowest BCUT2D eigenvalue weighted by molar-refractivity contribution is 0.0729. The number of amides is 1. The third-order valence-corrected chi connectivity index (χ3v) is 4.05. The van der Waals surface area contributed by atoms with E-state index in [0.29, 0.717) is 5.69 Å². The van der Waals surface area contributed by atoms with Gasteiger partial charge in [-0.25, -0.2) is 0 Å². The number of hydrogen-bond donors (Lipinski definition) is 0. The standard InChI is InChI=1S/C15H16ClN3O/c1-18-10-8-13(17-18)15(20)19-9-4-7-14(19)11-5-2-3-6-12(11)16/h2-3,5-6,8,10,14H,4,7,9H2,1H3. The molecule has 2 heterocycles. The fourth-order valence-corrected chi connectivity index (χ4v) is 3.02. The lowest BCUT2D eigenvalue weighted by Crippen LogP contribution is -2.31. The van der Waals surface area contributed by atoms with Crippen molar-refractivity contribution >= 4 is 17.5 Å². The van der Waals surface area contributed by atoms with Crippen molar-refractivity contribution in [3.8, 4) is 0 Å². The molecule has 0 spiro atoms. The Labute approximate surface area is 123 Å². The van der Waals surface area contributed by atoms with Gasteiger partial charge < -0.3 is 4.90 Å². The molecule has 0 bridgehead atoms. The van der Waals surface area contributed by atoms with Gasteiger partial charge in [-0.2, -0.15) is 5.10 Å². The molecule has 3 rings (SSSR count). The average Bonchev–Trinajstić information content (AvgIpc) is 3.07. The summed E-state index contributed by atoms with van der Waals surface area (Å²) >= 11 is 6.27. The van der Waals surface area contributed by atoms with E-state index in [4.69, 9.17) is 11.6 Å². The normalized spacial score (nSPS) is 18.5. The zero-order valence-corrected chi connectivity index (χ0v) is 12.0. The molecule has 0 aliphatic carbocycles. The van der Waals surface area contributed by atoms with Crippen LogP contribution in [0.25, 0.3) is 0 Å². The lowest BCUT2D eigenvalue weighted by Gasteiger charge is -2.25. The Hall–Kier alpha value is -1.81. The minimum absolute atomic E-state index is 0.0204. The summed E-state index contributed by atoms with van der Waals surface area (Å²) in [6, 6.07) is 9.55. The minimum Gasteiger partial charge on any atom is -0.330 e. The van der Waals surface area contributed by atoms with Gasteiger partial charge in [0.2, 0.25) is 0 Å². The number of likely N-dealkylation sites (tertiary alicyclic amines) is 1. The predicted molar refractivity (Wildman–Crippen MR) is 77.7 cm³/mol. The van der Waals surface area contributed by atoms with E-state index in [1.54, 1.807) is 16.9 Å². The van der Waals surface area contributed by atoms with Crippen LogP contribution in [-0.4, -0.2) is 27.1 Å². The van der Waals surface area contributed by atoms with Gasteiger partial charge in [0, 0.05) is 24.8 Å². The van der Waals surface area contributed by atoms with Crippen molar-refractivity contribution in [2.24, 2.45) is 7.05 Å². The van der Waals surface area contributed by atoms with E-state index in [-0.39, 0.29) is 11.9 Å². The Morgan fingerprint density at radius 2 is 2.15 bits per heavy atom. The van der Waals surface area contributed by atoms with Crippen LogP contribution < -0.4 is 0 Å². The summed E-state index contributed by atoms with van der Waals surface area (Å²) in [5.74, 6) is -0.0204. The van der Waals surface area contributed by atoms with Crippen molar-refractivity contribution in [3.05, 3.63) is 52.8 Å². The lowest BCUT2D eigenvalue weighted by atomic mass is 10.0. The van der Waals surface area contributed by atoms with Gasteiger partial charge >= 0.3 is 0 Å². The number of carbonyl (C=O) groups is 1. The van der Waals surface area contributed by atoms with Crippen LogP contribution >= 0.6 is 11.6 Å². The molecule has 0 radical (unpaired) electrons. The van der Waals surface area contributed by atoms with Gasteiger partial charge in [0.1, 0.15) is 5.69 Å². The maximum Gasteiger partial charge on any atom is 0.274 e. The molecule has 1 aromatic heterocycles. The van der Waals surface area contributed by atoms with Crippen LogP contribution in [0.1, 0.15) is 34.9 Å². The van der Waals surface area contributed by atoms with E-state index in [9.17, 15) is 4.79 Å².